The summed E-state index contributed by atoms with van der Waals surface area (Å²) in [5.41, 5.74) is 1.38. The van der Waals surface area contributed by atoms with E-state index < -0.39 is 10.0 Å². The molecule has 0 radical (unpaired) electrons. The Balaban J connectivity index is 1.66. The lowest BCUT2D eigenvalue weighted by Gasteiger charge is -2.34. The van der Waals surface area contributed by atoms with Crippen LogP contribution in [0, 0.1) is 6.92 Å². The van der Waals surface area contributed by atoms with Gasteiger partial charge in [0, 0.05) is 32.4 Å². The molecule has 3 rings (SSSR count). The minimum Gasteiger partial charge on any atom is -0.479 e. The third-order valence-electron chi connectivity index (χ3n) is 5.20. The first kappa shape index (κ1) is 21.3. The number of benzene rings is 1. The van der Waals surface area contributed by atoms with Crippen molar-refractivity contribution in [2.75, 3.05) is 20.2 Å². The zero-order valence-corrected chi connectivity index (χ0v) is 17.9. The van der Waals surface area contributed by atoms with E-state index in [1.54, 1.807) is 29.7 Å². The number of ether oxygens (including phenoxy) is 1. The van der Waals surface area contributed by atoms with Crippen molar-refractivity contribution in [1.29, 1.82) is 0 Å². The number of rotatable bonds is 7. The third-order valence-corrected chi connectivity index (χ3v) is 7.16. The van der Waals surface area contributed by atoms with Crippen LogP contribution in [-0.4, -0.2) is 54.7 Å². The number of carbonyl (C=O) groups excluding carboxylic acids is 1. The second kappa shape index (κ2) is 8.96. The molecule has 1 saturated heterocycles. The Morgan fingerprint density at radius 2 is 2.00 bits per heavy atom. The van der Waals surface area contributed by atoms with Gasteiger partial charge < -0.3 is 10.1 Å². The number of carbonyl (C=O) groups is 1. The van der Waals surface area contributed by atoms with Crippen molar-refractivity contribution >= 4 is 15.9 Å². The van der Waals surface area contributed by atoms with Crippen LogP contribution in [0.4, 0.5) is 0 Å². The SMILES string of the molecule is COc1nn(C)cc1C(=O)NCC[C@@H]1CCCCN1S(=O)(=O)c1ccc(C)cc1. The molecule has 0 bridgehead atoms. The highest BCUT2D eigenvalue weighted by molar-refractivity contribution is 7.89. The molecular formula is C20H28N4O4S. The van der Waals surface area contributed by atoms with Crippen molar-refractivity contribution in [3.8, 4) is 5.88 Å². The number of hydrogen-bond donors (Lipinski definition) is 1. The number of aromatic nitrogens is 2. The molecule has 1 N–H and O–H groups in total. The summed E-state index contributed by atoms with van der Waals surface area (Å²) in [6.45, 7) is 2.81. The molecule has 0 saturated carbocycles. The number of hydrogen-bond acceptors (Lipinski definition) is 5. The highest BCUT2D eigenvalue weighted by Gasteiger charge is 2.33. The first-order chi connectivity index (χ1) is 13.8. The van der Waals surface area contributed by atoms with Gasteiger partial charge in [-0.25, -0.2) is 8.42 Å². The second-order valence-corrected chi connectivity index (χ2v) is 9.24. The van der Waals surface area contributed by atoms with Crippen LogP contribution in [0.2, 0.25) is 0 Å². The first-order valence-electron chi connectivity index (χ1n) is 9.77. The summed E-state index contributed by atoms with van der Waals surface area (Å²) in [7, 11) is -0.366. The molecule has 1 aromatic carbocycles. The van der Waals surface area contributed by atoms with Crippen LogP contribution in [0.5, 0.6) is 5.88 Å². The van der Waals surface area contributed by atoms with Gasteiger partial charge in [-0.2, -0.15) is 4.31 Å². The zero-order valence-electron chi connectivity index (χ0n) is 17.1. The lowest BCUT2D eigenvalue weighted by Crippen LogP contribution is -2.45. The number of amides is 1. The highest BCUT2D eigenvalue weighted by atomic mass is 32.2. The number of nitrogens with one attached hydrogen (secondary N) is 1. The molecule has 0 aliphatic carbocycles. The average molecular weight is 421 g/mol. The molecule has 29 heavy (non-hydrogen) atoms. The number of piperidine rings is 1. The minimum atomic E-state index is -3.55. The van der Waals surface area contributed by atoms with Gasteiger partial charge in [-0.3, -0.25) is 9.48 Å². The fourth-order valence-electron chi connectivity index (χ4n) is 3.65. The Kier molecular flexibility index (Phi) is 6.59. The van der Waals surface area contributed by atoms with E-state index in [4.69, 9.17) is 4.74 Å². The van der Waals surface area contributed by atoms with Crippen molar-refractivity contribution in [3.05, 3.63) is 41.6 Å². The molecule has 1 atom stereocenters. The monoisotopic (exact) mass is 420 g/mol. The first-order valence-corrected chi connectivity index (χ1v) is 11.2. The fraction of sp³-hybridized carbons (Fsp3) is 0.500. The van der Waals surface area contributed by atoms with E-state index >= 15 is 0 Å². The Morgan fingerprint density at radius 1 is 1.28 bits per heavy atom. The molecule has 2 aromatic rings. The third kappa shape index (κ3) is 4.79. The second-order valence-electron chi connectivity index (χ2n) is 7.35. The van der Waals surface area contributed by atoms with E-state index in [2.05, 4.69) is 10.4 Å². The maximum atomic E-state index is 13.1. The van der Waals surface area contributed by atoms with E-state index in [9.17, 15) is 13.2 Å². The molecule has 0 unspecified atom stereocenters. The molecule has 1 fully saturated rings. The summed E-state index contributed by atoms with van der Waals surface area (Å²) in [5, 5.41) is 6.94. The molecule has 1 amide bonds. The standard InChI is InChI=1S/C20H28N4O4S/c1-15-7-9-17(10-8-15)29(26,27)24-13-5-4-6-16(24)11-12-21-19(25)18-14-23(2)22-20(18)28-3/h7-10,14,16H,4-6,11-13H2,1-3H3,(H,21,25)/t16-/m0/s1. The van der Waals surface area contributed by atoms with Gasteiger partial charge in [-0.1, -0.05) is 24.1 Å². The van der Waals surface area contributed by atoms with E-state index in [0.717, 1.165) is 24.8 Å². The lowest BCUT2D eigenvalue weighted by atomic mass is 10.0. The normalized spacial score (nSPS) is 17.8. The lowest BCUT2D eigenvalue weighted by molar-refractivity contribution is 0.0946. The van der Waals surface area contributed by atoms with Crippen LogP contribution in [-0.2, 0) is 17.1 Å². The van der Waals surface area contributed by atoms with Gasteiger partial charge in [0.15, 0.2) is 0 Å². The zero-order chi connectivity index (χ0) is 21.0. The van der Waals surface area contributed by atoms with Crippen molar-refractivity contribution in [2.24, 2.45) is 7.05 Å². The van der Waals surface area contributed by atoms with Gasteiger partial charge >= 0.3 is 0 Å². The Hall–Kier alpha value is -2.39. The predicted octanol–water partition coefficient (Wildman–Crippen LogP) is 2.10. The topological polar surface area (TPSA) is 93.5 Å². The average Bonchev–Trinajstić information content (AvgIpc) is 3.09. The molecule has 8 nitrogen and oxygen atoms in total. The van der Waals surface area contributed by atoms with Crippen LogP contribution in [0.15, 0.2) is 35.4 Å². The van der Waals surface area contributed by atoms with Crippen molar-refractivity contribution < 1.29 is 17.9 Å². The van der Waals surface area contributed by atoms with Crippen molar-refractivity contribution in [1.82, 2.24) is 19.4 Å². The Morgan fingerprint density at radius 3 is 2.69 bits per heavy atom. The summed E-state index contributed by atoms with van der Waals surface area (Å²) in [5.74, 6) is -0.00931. The molecule has 1 aliphatic rings. The number of aryl methyl sites for hydroxylation is 2. The fourth-order valence-corrected chi connectivity index (χ4v) is 5.37. The summed E-state index contributed by atoms with van der Waals surface area (Å²) in [4.78, 5) is 12.8. The Bertz CT molecular complexity index is 953. The van der Waals surface area contributed by atoms with Crippen LogP contribution in [0.25, 0.3) is 0 Å². The van der Waals surface area contributed by atoms with Gasteiger partial charge in [-0.15, -0.1) is 5.10 Å². The molecule has 2 heterocycles. The predicted molar refractivity (Wildman–Crippen MR) is 109 cm³/mol. The van der Waals surface area contributed by atoms with E-state index in [1.165, 1.54) is 11.8 Å². The number of methoxy groups -OCH3 is 1. The largest absolute Gasteiger partial charge is 0.479 e. The summed E-state index contributed by atoms with van der Waals surface area (Å²) >= 11 is 0. The van der Waals surface area contributed by atoms with Gasteiger partial charge in [0.1, 0.15) is 5.56 Å². The molecular weight excluding hydrogens is 392 g/mol. The van der Waals surface area contributed by atoms with E-state index in [-0.39, 0.29) is 17.8 Å². The highest BCUT2D eigenvalue weighted by Crippen LogP contribution is 2.27. The summed E-state index contributed by atoms with van der Waals surface area (Å²) < 4.78 is 34.5. The molecule has 0 spiro atoms. The van der Waals surface area contributed by atoms with Crippen molar-refractivity contribution in [3.63, 3.8) is 0 Å². The number of nitrogens with zero attached hydrogens (tertiary/aromatic N) is 3. The Labute approximate surface area is 171 Å². The van der Waals surface area contributed by atoms with E-state index in [1.807, 2.05) is 19.1 Å². The molecule has 9 heteroatoms. The van der Waals surface area contributed by atoms with Crippen molar-refractivity contribution in [2.45, 2.75) is 43.5 Å². The number of sulfonamides is 1. The smallest absolute Gasteiger partial charge is 0.258 e. The van der Waals surface area contributed by atoms with Crippen LogP contribution in [0.3, 0.4) is 0 Å². The summed E-state index contributed by atoms with van der Waals surface area (Å²) in [6.07, 6.45) is 4.77. The van der Waals surface area contributed by atoms with E-state index in [0.29, 0.717) is 30.0 Å². The van der Waals surface area contributed by atoms with Crippen LogP contribution in [0.1, 0.15) is 41.6 Å². The quantitative estimate of drug-likeness (QED) is 0.740. The molecule has 158 valence electrons. The molecule has 1 aliphatic heterocycles. The van der Waals surface area contributed by atoms with Gasteiger partial charge in [0.2, 0.25) is 15.9 Å². The minimum absolute atomic E-state index is 0.133. The molecule has 1 aromatic heterocycles. The van der Waals surface area contributed by atoms with Gasteiger partial charge in [-0.05, 0) is 38.3 Å². The maximum absolute atomic E-state index is 13.1. The maximum Gasteiger partial charge on any atom is 0.258 e. The van der Waals surface area contributed by atoms with Gasteiger partial charge in [0.05, 0.1) is 12.0 Å². The van der Waals surface area contributed by atoms with Crippen LogP contribution >= 0.6 is 0 Å². The van der Waals surface area contributed by atoms with Crippen LogP contribution < -0.4 is 10.1 Å². The van der Waals surface area contributed by atoms with Gasteiger partial charge in [0.25, 0.3) is 5.91 Å². The summed E-state index contributed by atoms with van der Waals surface area (Å²) in [6, 6.07) is 6.81.